The first-order valence-electron chi connectivity index (χ1n) is 10.3. The van der Waals surface area contributed by atoms with Gasteiger partial charge in [-0.3, -0.25) is 4.79 Å². The van der Waals surface area contributed by atoms with Crippen molar-refractivity contribution in [3.05, 3.63) is 64.7 Å². The molecule has 1 aliphatic heterocycles. The van der Waals surface area contributed by atoms with Crippen molar-refractivity contribution in [1.82, 2.24) is 4.90 Å². The lowest BCUT2D eigenvalue weighted by Gasteiger charge is -2.25. The van der Waals surface area contributed by atoms with Crippen LogP contribution in [0.5, 0.6) is 5.75 Å². The predicted octanol–water partition coefficient (Wildman–Crippen LogP) is 2.27. The molecule has 0 aromatic heterocycles. The molecule has 172 valence electrons. The van der Waals surface area contributed by atoms with Crippen LogP contribution in [0.2, 0.25) is 0 Å². The highest BCUT2D eigenvalue weighted by molar-refractivity contribution is 5.83. The summed E-state index contributed by atoms with van der Waals surface area (Å²) < 4.78 is 44.2. The van der Waals surface area contributed by atoms with Crippen molar-refractivity contribution in [1.29, 1.82) is 0 Å². The van der Waals surface area contributed by atoms with Crippen molar-refractivity contribution >= 4 is 11.9 Å². The van der Waals surface area contributed by atoms with Gasteiger partial charge in [-0.15, -0.1) is 0 Å². The minimum absolute atomic E-state index is 0.0538. The fourth-order valence-corrected chi connectivity index (χ4v) is 3.72. The molecule has 0 saturated heterocycles. The van der Waals surface area contributed by atoms with E-state index in [0.717, 1.165) is 23.3 Å². The zero-order valence-electron chi connectivity index (χ0n) is 17.4. The fourth-order valence-electron chi connectivity index (χ4n) is 3.72. The molecule has 32 heavy (non-hydrogen) atoms. The van der Waals surface area contributed by atoms with Gasteiger partial charge in [0.2, 0.25) is 5.91 Å². The molecule has 1 atom stereocenters. The number of fused-ring (bicyclic) bond motifs is 1. The number of carbonyl (C=O) groups is 2. The van der Waals surface area contributed by atoms with Crippen LogP contribution < -0.4 is 15.6 Å². The number of carboxylic acid groups (broad SMARTS) is 1. The molecule has 3 rings (SSSR count). The Hall–Kier alpha value is -3.07. The van der Waals surface area contributed by atoms with Gasteiger partial charge in [0.1, 0.15) is 5.75 Å². The van der Waals surface area contributed by atoms with E-state index in [4.69, 9.17) is 10.5 Å². The number of alkyl halides is 3. The largest absolute Gasteiger partial charge is 0.550 e. The van der Waals surface area contributed by atoms with Gasteiger partial charge < -0.3 is 25.3 Å². The molecule has 0 fully saturated rings. The van der Waals surface area contributed by atoms with Gasteiger partial charge in [0, 0.05) is 25.0 Å². The molecule has 0 radical (unpaired) electrons. The minimum Gasteiger partial charge on any atom is -0.550 e. The summed E-state index contributed by atoms with van der Waals surface area (Å²) in [5, 5.41) is 11.2. The van der Waals surface area contributed by atoms with Crippen LogP contribution in [0.3, 0.4) is 0 Å². The molecular formula is C23H24F3N2O4-. The van der Waals surface area contributed by atoms with E-state index in [2.05, 4.69) is 0 Å². The monoisotopic (exact) mass is 449 g/mol. The summed E-state index contributed by atoms with van der Waals surface area (Å²) in [5.41, 5.74) is 6.84. The van der Waals surface area contributed by atoms with Gasteiger partial charge in [-0.25, -0.2) is 0 Å². The molecule has 1 aliphatic rings. The standard InChI is InChI=1S/C23H25F3N2O4/c24-23(25,26)19-5-2-15(3-6-19)13-28-14-18-11-20(32-9-1-8-27)7-4-16(18)10-17(22(28)31)12-21(29)30/h2-7,11,17H,1,8-10,12-14,27H2,(H,29,30)/p-1/t17-/m0/s1. The molecule has 1 amide bonds. The van der Waals surface area contributed by atoms with E-state index in [-0.39, 0.29) is 25.4 Å². The predicted molar refractivity (Wildman–Crippen MR) is 108 cm³/mol. The van der Waals surface area contributed by atoms with Crippen molar-refractivity contribution in [2.45, 2.75) is 38.5 Å². The molecule has 0 saturated carbocycles. The number of carbonyl (C=O) groups excluding carboxylic acids is 2. The lowest BCUT2D eigenvalue weighted by Crippen LogP contribution is -2.37. The van der Waals surface area contributed by atoms with Crippen LogP contribution in [0.25, 0.3) is 0 Å². The second-order valence-corrected chi connectivity index (χ2v) is 7.79. The summed E-state index contributed by atoms with van der Waals surface area (Å²) in [7, 11) is 0. The summed E-state index contributed by atoms with van der Waals surface area (Å²) in [4.78, 5) is 25.8. The van der Waals surface area contributed by atoms with E-state index < -0.39 is 30.0 Å². The second-order valence-electron chi connectivity index (χ2n) is 7.79. The van der Waals surface area contributed by atoms with Crippen molar-refractivity contribution in [3.63, 3.8) is 0 Å². The quantitative estimate of drug-likeness (QED) is 0.624. The highest BCUT2D eigenvalue weighted by Crippen LogP contribution is 2.31. The number of halogens is 3. The van der Waals surface area contributed by atoms with E-state index >= 15 is 0 Å². The number of hydrogen-bond donors (Lipinski definition) is 1. The highest BCUT2D eigenvalue weighted by atomic mass is 19.4. The van der Waals surface area contributed by atoms with Gasteiger partial charge in [-0.2, -0.15) is 13.2 Å². The number of benzene rings is 2. The van der Waals surface area contributed by atoms with Crippen molar-refractivity contribution < 1.29 is 32.6 Å². The van der Waals surface area contributed by atoms with Gasteiger partial charge in [-0.05, 0) is 66.8 Å². The Bertz CT molecular complexity index is 961. The third-order valence-electron chi connectivity index (χ3n) is 5.35. The molecular weight excluding hydrogens is 425 g/mol. The molecule has 0 aliphatic carbocycles. The Labute approximate surface area is 183 Å². The second kappa shape index (κ2) is 10.0. The van der Waals surface area contributed by atoms with E-state index in [0.29, 0.717) is 30.9 Å². The topological polar surface area (TPSA) is 95.7 Å². The Morgan fingerprint density at radius 1 is 1.16 bits per heavy atom. The molecule has 6 nitrogen and oxygen atoms in total. The number of rotatable bonds is 8. The van der Waals surface area contributed by atoms with Crippen LogP contribution in [-0.2, 0) is 35.3 Å². The zero-order valence-corrected chi connectivity index (χ0v) is 17.4. The third kappa shape index (κ3) is 6.00. The SMILES string of the molecule is NCCCOc1ccc2c(c1)CN(Cc1ccc(C(F)(F)F)cc1)C(=O)[C@H](CC(=O)[O-])C2. The van der Waals surface area contributed by atoms with Crippen molar-refractivity contribution in [2.24, 2.45) is 11.7 Å². The van der Waals surface area contributed by atoms with Gasteiger partial charge in [0.15, 0.2) is 0 Å². The normalized spacial score (nSPS) is 16.4. The van der Waals surface area contributed by atoms with Crippen LogP contribution in [-0.4, -0.2) is 29.9 Å². The summed E-state index contributed by atoms with van der Waals surface area (Å²) in [6, 6.07) is 9.96. The molecule has 9 heteroatoms. The number of nitrogens with zero attached hydrogens (tertiary/aromatic N) is 1. The average Bonchev–Trinajstić information content (AvgIpc) is 2.84. The zero-order chi connectivity index (χ0) is 23.3. The summed E-state index contributed by atoms with van der Waals surface area (Å²) in [6.45, 7) is 1.17. The van der Waals surface area contributed by atoms with E-state index in [1.54, 1.807) is 12.1 Å². The number of nitrogens with two attached hydrogens (primary N) is 1. The van der Waals surface area contributed by atoms with Crippen LogP contribution in [0.1, 0.15) is 35.1 Å². The van der Waals surface area contributed by atoms with Gasteiger partial charge >= 0.3 is 6.18 Å². The summed E-state index contributed by atoms with van der Waals surface area (Å²) in [5.74, 6) is -1.92. The van der Waals surface area contributed by atoms with E-state index in [1.807, 2.05) is 6.07 Å². The van der Waals surface area contributed by atoms with Gasteiger partial charge in [0.25, 0.3) is 0 Å². The van der Waals surface area contributed by atoms with Crippen LogP contribution in [0.15, 0.2) is 42.5 Å². The first kappa shape index (κ1) is 23.6. The van der Waals surface area contributed by atoms with Gasteiger partial charge in [0.05, 0.1) is 12.2 Å². The maximum Gasteiger partial charge on any atom is 0.416 e. The van der Waals surface area contributed by atoms with Crippen molar-refractivity contribution in [3.8, 4) is 5.75 Å². The molecule has 0 spiro atoms. The number of aliphatic carboxylic acids is 1. The Morgan fingerprint density at radius 2 is 1.88 bits per heavy atom. The first-order chi connectivity index (χ1) is 15.2. The van der Waals surface area contributed by atoms with Crippen LogP contribution in [0.4, 0.5) is 13.2 Å². The number of amides is 1. The lowest BCUT2D eigenvalue weighted by molar-refractivity contribution is -0.306. The Kier molecular flexibility index (Phi) is 7.40. The smallest absolute Gasteiger partial charge is 0.416 e. The molecule has 0 unspecified atom stereocenters. The molecule has 2 aromatic rings. The average molecular weight is 449 g/mol. The maximum absolute atomic E-state index is 13.1. The molecule has 2 aromatic carbocycles. The summed E-state index contributed by atoms with van der Waals surface area (Å²) in [6.07, 6.45) is -3.97. The van der Waals surface area contributed by atoms with Crippen LogP contribution in [0, 0.1) is 5.92 Å². The van der Waals surface area contributed by atoms with Crippen LogP contribution >= 0.6 is 0 Å². The third-order valence-corrected chi connectivity index (χ3v) is 5.35. The summed E-state index contributed by atoms with van der Waals surface area (Å²) >= 11 is 0. The maximum atomic E-state index is 13.1. The van der Waals surface area contributed by atoms with Gasteiger partial charge in [-0.1, -0.05) is 18.2 Å². The molecule has 1 heterocycles. The number of hydrogen-bond acceptors (Lipinski definition) is 5. The van der Waals surface area contributed by atoms with E-state index in [1.165, 1.54) is 17.0 Å². The number of carboxylic acids is 1. The fraction of sp³-hybridized carbons (Fsp3) is 0.391. The lowest BCUT2D eigenvalue weighted by atomic mass is 9.94. The highest BCUT2D eigenvalue weighted by Gasteiger charge is 2.32. The molecule has 2 N–H and O–H groups in total. The van der Waals surface area contributed by atoms with E-state index in [9.17, 15) is 27.9 Å². The number of ether oxygens (including phenoxy) is 1. The first-order valence-corrected chi connectivity index (χ1v) is 10.3. The Balaban J connectivity index is 1.86. The Morgan fingerprint density at radius 3 is 2.50 bits per heavy atom. The molecule has 0 bridgehead atoms. The minimum atomic E-state index is -4.45. The van der Waals surface area contributed by atoms with Crippen molar-refractivity contribution in [2.75, 3.05) is 13.2 Å².